The van der Waals surface area contributed by atoms with Crippen LogP contribution in [0.25, 0.3) is 10.9 Å². The molecule has 2 saturated carbocycles. The molecule has 3 amide bonds. The number of nitrogen functional groups attached to an aromatic ring is 1. The van der Waals surface area contributed by atoms with Crippen LogP contribution in [0, 0.1) is 17.8 Å². The number of piperidine rings is 2. The van der Waals surface area contributed by atoms with Crippen molar-refractivity contribution in [3.8, 4) is 0 Å². The number of benzene rings is 2. The van der Waals surface area contributed by atoms with Gasteiger partial charge in [0.25, 0.3) is 5.56 Å². The smallest absolute Gasteiger partial charge is 0.318 e. The van der Waals surface area contributed by atoms with Crippen LogP contribution in [0.3, 0.4) is 0 Å². The second kappa shape index (κ2) is 20.6. The number of carbonyl (C=O) groups is 4. The lowest BCUT2D eigenvalue weighted by atomic mass is 9.89. The molecule has 67 heavy (non-hydrogen) atoms. The summed E-state index contributed by atoms with van der Waals surface area (Å²) >= 11 is 0. The number of amides is 3. The summed E-state index contributed by atoms with van der Waals surface area (Å²) in [7, 11) is 2.16. The number of pyridine rings is 1. The first-order valence-electron chi connectivity index (χ1n) is 24.2. The van der Waals surface area contributed by atoms with Gasteiger partial charge in [-0.15, -0.1) is 13.2 Å². The number of nitrogens with one attached hydrogen (secondary N) is 1. The molecule has 8 rings (SSSR count). The number of ether oxygens (including phenoxy) is 2. The third kappa shape index (κ3) is 10.8. The summed E-state index contributed by atoms with van der Waals surface area (Å²) in [6.07, 6.45) is 12.8. The molecule has 0 unspecified atom stereocenters. The van der Waals surface area contributed by atoms with Crippen molar-refractivity contribution in [2.24, 2.45) is 15.8 Å². The topological polar surface area (TPSA) is 172 Å². The summed E-state index contributed by atoms with van der Waals surface area (Å²) in [4.78, 5) is 81.7. The molecule has 1 atom stereocenters. The molecular formula is C52H68N8O7. The number of rotatable bonds is 17. The lowest BCUT2D eigenvalue weighted by molar-refractivity contribution is -0.154. The molecule has 0 radical (unpaired) electrons. The van der Waals surface area contributed by atoms with Crippen LogP contribution in [0.15, 0.2) is 77.6 Å². The van der Waals surface area contributed by atoms with E-state index in [4.69, 9.17) is 15.2 Å². The zero-order valence-corrected chi connectivity index (χ0v) is 39.4. The van der Waals surface area contributed by atoms with Crippen LogP contribution < -0.4 is 16.6 Å². The van der Waals surface area contributed by atoms with Crippen LogP contribution in [0.5, 0.6) is 0 Å². The lowest BCUT2D eigenvalue weighted by Crippen LogP contribution is -2.59. The summed E-state index contributed by atoms with van der Waals surface area (Å²) in [6.45, 7) is 14.8. The second-order valence-electron chi connectivity index (χ2n) is 19.7. The molecule has 4 heterocycles. The van der Waals surface area contributed by atoms with Crippen LogP contribution >= 0.6 is 0 Å². The molecular weight excluding hydrogens is 849 g/mol. The maximum atomic E-state index is 14.6. The van der Waals surface area contributed by atoms with E-state index in [1.165, 1.54) is 0 Å². The Hall–Kier alpha value is -5.80. The number of aliphatic imine (C=N–C) groups is 1. The molecule has 2 aromatic carbocycles. The van der Waals surface area contributed by atoms with Gasteiger partial charge in [-0.25, -0.2) is 4.79 Å². The van der Waals surface area contributed by atoms with Crippen LogP contribution in [0.4, 0.5) is 10.5 Å². The molecule has 1 aromatic heterocycles. The number of aryl methyl sites for hydroxylation is 1. The predicted molar refractivity (Wildman–Crippen MR) is 260 cm³/mol. The Morgan fingerprint density at radius 2 is 1.49 bits per heavy atom. The number of anilines is 1. The van der Waals surface area contributed by atoms with Crippen molar-refractivity contribution in [1.82, 2.24) is 29.5 Å². The number of nitrogens with zero attached hydrogens (tertiary/aromatic N) is 6. The fraction of sp³-hybridized carbons (Fsp3) is 0.538. The van der Waals surface area contributed by atoms with Gasteiger partial charge in [-0.05, 0) is 132 Å². The Bertz CT molecular complexity index is 2430. The number of urea groups is 1. The molecule has 15 nitrogen and oxygen atoms in total. The summed E-state index contributed by atoms with van der Waals surface area (Å²) in [5, 5.41) is 4.01. The molecule has 0 spiro atoms. The molecule has 5 aliphatic rings. The second-order valence-corrected chi connectivity index (χ2v) is 19.7. The number of likely N-dealkylation sites (tertiary alicyclic amines) is 2. The zero-order valence-electron chi connectivity index (χ0n) is 39.4. The molecule has 3 saturated heterocycles. The number of fused-ring (bicyclic) bond motifs is 1. The van der Waals surface area contributed by atoms with Crippen molar-refractivity contribution in [3.05, 3.63) is 100 Å². The van der Waals surface area contributed by atoms with Crippen molar-refractivity contribution in [2.45, 2.75) is 102 Å². The number of allylic oxidation sites excluding steroid dienone is 2. The zero-order chi connectivity index (χ0) is 47.3. The van der Waals surface area contributed by atoms with Crippen LogP contribution in [-0.4, -0.2) is 132 Å². The average molecular weight is 917 g/mol. The van der Waals surface area contributed by atoms with E-state index < -0.39 is 16.9 Å². The number of hydrogen-bond donors (Lipinski definition) is 2. The van der Waals surface area contributed by atoms with E-state index in [2.05, 4.69) is 40.3 Å². The summed E-state index contributed by atoms with van der Waals surface area (Å²) in [6, 6.07) is 12.7. The van der Waals surface area contributed by atoms with Gasteiger partial charge in [-0.1, -0.05) is 36.4 Å². The fourth-order valence-corrected chi connectivity index (χ4v) is 10.4. The quantitative estimate of drug-likeness (QED) is 0.0734. The highest BCUT2D eigenvalue weighted by molar-refractivity contribution is 5.90. The summed E-state index contributed by atoms with van der Waals surface area (Å²) < 4.78 is 12.8. The van der Waals surface area contributed by atoms with Crippen LogP contribution in [0.2, 0.25) is 0 Å². The molecule has 15 heteroatoms. The third-order valence-corrected chi connectivity index (χ3v) is 15.1. The highest BCUT2D eigenvalue weighted by atomic mass is 16.5. The number of piperazine rings is 1. The number of para-hydroxylation sites is 1. The normalized spacial score (nSPS) is 20.3. The van der Waals surface area contributed by atoms with Gasteiger partial charge in [-0.3, -0.25) is 33.6 Å². The molecule has 358 valence electrons. The summed E-state index contributed by atoms with van der Waals surface area (Å²) in [5.74, 6) is -0.832. The van der Waals surface area contributed by atoms with E-state index >= 15 is 0 Å². The highest BCUT2D eigenvalue weighted by Crippen LogP contribution is 2.51. The van der Waals surface area contributed by atoms with E-state index in [1.807, 2.05) is 54.3 Å². The number of carbonyl (C=O) groups excluding carboxylic acids is 4. The maximum absolute atomic E-state index is 14.6. The minimum Gasteiger partial charge on any atom is -0.443 e. The van der Waals surface area contributed by atoms with Gasteiger partial charge in [-0.2, -0.15) is 0 Å². The van der Waals surface area contributed by atoms with Gasteiger partial charge in [0.15, 0.2) is 13.5 Å². The van der Waals surface area contributed by atoms with E-state index in [0.717, 1.165) is 81.2 Å². The number of hydrogen-bond acceptors (Lipinski definition) is 11. The van der Waals surface area contributed by atoms with E-state index in [1.54, 1.807) is 27.8 Å². The van der Waals surface area contributed by atoms with Crippen molar-refractivity contribution in [2.75, 3.05) is 71.9 Å². The van der Waals surface area contributed by atoms with Gasteiger partial charge in [0.2, 0.25) is 5.91 Å². The minimum absolute atomic E-state index is 0.125. The number of aromatic nitrogens is 1. The molecule has 5 fully saturated rings. The Kier molecular flexibility index (Phi) is 14.7. The van der Waals surface area contributed by atoms with Crippen molar-refractivity contribution in [3.63, 3.8) is 0 Å². The van der Waals surface area contributed by atoms with Crippen molar-refractivity contribution < 1.29 is 28.7 Å². The first kappa shape index (κ1) is 47.7. The van der Waals surface area contributed by atoms with Crippen LogP contribution in [-0.2, 0) is 37.0 Å². The van der Waals surface area contributed by atoms with Gasteiger partial charge >= 0.3 is 18.0 Å². The number of esters is 2. The molecule has 0 bridgehead atoms. The summed E-state index contributed by atoms with van der Waals surface area (Å²) in [5.41, 5.74) is 9.40. The van der Waals surface area contributed by atoms with E-state index in [9.17, 15) is 24.0 Å². The van der Waals surface area contributed by atoms with Gasteiger partial charge < -0.3 is 35.2 Å². The lowest BCUT2D eigenvalue weighted by Gasteiger charge is -2.43. The van der Waals surface area contributed by atoms with Gasteiger partial charge in [0.05, 0.1) is 16.3 Å². The molecule has 2 aliphatic carbocycles. The SMILES string of the molecule is C=CCC1(C(=O)OC/N=C/c2cc(C[C@@H](NC(=O)N3CCC(c4cc5ccccc5n(COC(=O)C5(CC=C)CC5)c4=O)CC3)C(=O)N3CCN(C4CCN(C)CC4)CC3)cc(C)c2N)CC1. The predicted octanol–water partition coefficient (Wildman–Crippen LogP) is 5.76. The van der Waals surface area contributed by atoms with Crippen molar-refractivity contribution in [1.29, 1.82) is 0 Å². The van der Waals surface area contributed by atoms with Gasteiger partial charge in [0.1, 0.15) is 6.04 Å². The Labute approximate surface area is 394 Å². The first-order valence-corrected chi connectivity index (χ1v) is 24.2. The minimum atomic E-state index is -0.856. The van der Waals surface area contributed by atoms with E-state index in [0.29, 0.717) is 80.2 Å². The molecule has 3 aliphatic heterocycles. The Morgan fingerprint density at radius 1 is 0.851 bits per heavy atom. The fourth-order valence-electron chi connectivity index (χ4n) is 10.4. The van der Waals surface area contributed by atoms with Crippen molar-refractivity contribution >= 4 is 46.7 Å². The largest absolute Gasteiger partial charge is 0.443 e. The maximum Gasteiger partial charge on any atom is 0.318 e. The van der Waals surface area contributed by atoms with Crippen LogP contribution in [0.1, 0.15) is 92.4 Å². The Balaban J connectivity index is 0.952. The highest BCUT2D eigenvalue weighted by Gasteiger charge is 2.51. The average Bonchev–Trinajstić information content (AvgIpc) is 4.29. The monoisotopic (exact) mass is 917 g/mol. The molecule has 3 N–H and O–H groups in total. The standard InChI is InChI=1S/C52H68N8O7/c1-5-15-51(17-18-51)48(63)66-34-54-33-40-30-37(29-36(3)45(40)53)31-43(47(62)58-27-25-57(26-28-58)41-13-21-56(4)22-14-41)55-50(65)59-23-11-38(12-24-59)42-32-39-9-7-8-10-44(39)60(46(42)61)35-67-49(64)52(16-6-2)19-20-52/h5-10,29-30,32-33,38,41,43H,1-2,11-28,31,34-35,53H2,3-4H3,(H,55,65)/b54-33+/t43-/m1/s1. The molecule has 3 aromatic rings. The third-order valence-electron chi connectivity index (χ3n) is 15.1. The van der Waals surface area contributed by atoms with E-state index in [-0.39, 0.29) is 55.2 Å². The number of nitrogens with two attached hydrogens (primary N) is 1. The Morgan fingerprint density at radius 3 is 2.13 bits per heavy atom. The first-order chi connectivity index (χ1) is 32.3. The van der Waals surface area contributed by atoms with Gasteiger partial charge in [0, 0.05) is 74.8 Å².